The highest BCUT2D eigenvalue weighted by Gasteiger charge is 2.45. The minimum atomic E-state index is -1.55. The minimum Gasteiger partial charge on any atom is -0.508 e. The van der Waals surface area contributed by atoms with E-state index in [1.54, 1.807) is 30.9 Å². The van der Waals surface area contributed by atoms with Crippen molar-refractivity contribution in [2.24, 2.45) is 5.41 Å². The molecular formula is C37H53N3O8. The number of aliphatic hydroxyl groups is 4. The van der Waals surface area contributed by atoms with E-state index >= 15 is 0 Å². The van der Waals surface area contributed by atoms with E-state index in [0.717, 1.165) is 47.3 Å². The van der Waals surface area contributed by atoms with E-state index in [4.69, 9.17) is 4.74 Å². The van der Waals surface area contributed by atoms with Crippen LogP contribution < -0.4 is 10.6 Å². The van der Waals surface area contributed by atoms with Gasteiger partial charge in [-0.2, -0.15) is 0 Å². The Bertz CT molecular complexity index is 1480. The third-order valence-corrected chi connectivity index (χ3v) is 9.46. The molecule has 264 valence electrons. The first-order chi connectivity index (χ1) is 22.6. The van der Waals surface area contributed by atoms with Gasteiger partial charge in [-0.05, 0) is 87.4 Å². The summed E-state index contributed by atoms with van der Waals surface area (Å²) in [5, 5.41) is 58.1. The number of carbonyl (C=O) groups excluding carboxylic acids is 2. The van der Waals surface area contributed by atoms with Gasteiger partial charge in [0.15, 0.2) is 0 Å². The van der Waals surface area contributed by atoms with Crippen LogP contribution in [0.2, 0.25) is 0 Å². The zero-order chi connectivity index (χ0) is 35.4. The fourth-order valence-corrected chi connectivity index (χ4v) is 6.32. The van der Waals surface area contributed by atoms with Crippen LogP contribution in [0, 0.1) is 12.3 Å². The van der Waals surface area contributed by atoms with Gasteiger partial charge in [-0.15, -0.1) is 0 Å². The molecule has 2 heterocycles. The van der Waals surface area contributed by atoms with E-state index in [1.165, 1.54) is 0 Å². The second kappa shape index (κ2) is 15.5. The van der Waals surface area contributed by atoms with Crippen LogP contribution in [0.3, 0.4) is 0 Å². The van der Waals surface area contributed by atoms with Crippen LogP contribution in [0.25, 0.3) is 6.08 Å². The first-order valence-electron chi connectivity index (χ1n) is 16.9. The van der Waals surface area contributed by atoms with Gasteiger partial charge in [0.05, 0.1) is 12.0 Å². The second-order valence-electron chi connectivity index (χ2n) is 14.2. The Kier molecular flexibility index (Phi) is 12.1. The molecule has 0 aliphatic carbocycles. The van der Waals surface area contributed by atoms with E-state index in [9.17, 15) is 35.1 Å². The van der Waals surface area contributed by atoms with Crippen molar-refractivity contribution in [3.8, 4) is 5.75 Å². The summed E-state index contributed by atoms with van der Waals surface area (Å²) in [5.41, 5.74) is 3.20. The lowest BCUT2D eigenvalue weighted by atomic mass is 9.86. The van der Waals surface area contributed by atoms with E-state index in [0.29, 0.717) is 25.9 Å². The standard InChI is InChI=1S/C37H53N3O8/c1-7-8-25-20-28(42)27(33-32(45)31(44)30(43)29(21-41)48-33)19-26(25)18-24-10-9-23(17-22(24)2)11-12-36(3,4)34(46)39-37(5,6)35(47)40-15-13-38-14-16-40/h9-12,17,19-20,29-33,38,41-45H,7-8,13-16,18,21H2,1-6H3,(H,39,46)/b12-11+/t29-,30+,31?,32+,33+/m1/s1. The first kappa shape index (κ1) is 37.5. The highest BCUT2D eigenvalue weighted by Crippen LogP contribution is 2.39. The van der Waals surface area contributed by atoms with Gasteiger partial charge in [-0.1, -0.05) is 43.7 Å². The molecule has 0 bridgehead atoms. The lowest BCUT2D eigenvalue weighted by Crippen LogP contribution is -2.60. The second-order valence-corrected chi connectivity index (χ2v) is 14.2. The predicted octanol–water partition coefficient (Wildman–Crippen LogP) is 2.12. The van der Waals surface area contributed by atoms with Gasteiger partial charge in [0.2, 0.25) is 11.8 Å². The summed E-state index contributed by atoms with van der Waals surface area (Å²) in [4.78, 5) is 28.2. The van der Waals surface area contributed by atoms with Gasteiger partial charge in [0.1, 0.15) is 41.8 Å². The molecule has 2 aliphatic heterocycles. The van der Waals surface area contributed by atoms with Gasteiger partial charge in [0.25, 0.3) is 0 Å². The van der Waals surface area contributed by atoms with Crippen molar-refractivity contribution in [3.05, 3.63) is 69.8 Å². The number of aromatic hydroxyl groups is 1. The number of hydrogen-bond donors (Lipinski definition) is 7. The summed E-state index contributed by atoms with van der Waals surface area (Å²) in [6.07, 6.45) is -0.940. The fourth-order valence-electron chi connectivity index (χ4n) is 6.32. The Morgan fingerprint density at radius 3 is 2.31 bits per heavy atom. The van der Waals surface area contributed by atoms with Crippen molar-refractivity contribution in [3.63, 3.8) is 0 Å². The summed E-state index contributed by atoms with van der Waals surface area (Å²) in [5.74, 6) is -0.433. The summed E-state index contributed by atoms with van der Waals surface area (Å²) in [6.45, 7) is 13.3. The normalized spacial score (nSPS) is 23.8. The lowest BCUT2D eigenvalue weighted by molar-refractivity contribution is -0.232. The molecule has 2 aromatic carbocycles. The highest BCUT2D eigenvalue weighted by molar-refractivity contribution is 5.93. The number of aryl methyl sites for hydroxylation is 2. The molecule has 4 rings (SSSR count). The Hall–Kier alpha value is -3.32. The SMILES string of the molecule is CCCc1cc(O)c([C@@H]2O[C@H](CO)[C@H](O)C(O)[C@@H]2O)cc1Cc1ccc(/C=C/C(C)(C)C(=O)NC(C)(C)C(=O)N2CCNCC2)cc1C. The maximum absolute atomic E-state index is 13.3. The summed E-state index contributed by atoms with van der Waals surface area (Å²) >= 11 is 0. The van der Waals surface area contributed by atoms with Crippen LogP contribution in [-0.4, -0.2) is 105 Å². The molecule has 0 radical (unpaired) electrons. The molecule has 0 spiro atoms. The third kappa shape index (κ3) is 8.45. The lowest BCUT2D eigenvalue weighted by Gasteiger charge is -2.40. The predicted molar refractivity (Wildman–Crippen MR) is 183 cm³/mol. The molecule has 2 aromatic rings. The zero-order valence-corrected chi connectivity index (χ0v) is 29.0. The zero-order valence-electron chi connectivity index (χ0n) is 29.0. The monoisotopic (exact) mass is 667 g/mol. The number of nitrogens with zero attached hydrogens (tertiary/aromatic N) is 1. The number of rotatable bonds is 11. The number of phenolic OH excluding ortho intramolecular Hbond substituents is 1. The molecule has 48 heavy (non-hydrogen) atoms. The quantitative estimate of drug-likeness (QED) is 0.190. The molecule has 11 nitrogen and oxygen atoms in total. The molecule has 7 N–H and O–H groups in total. The average Bonchev–Trinajstić information content (AvgIpc) is 3.05. The number of piperazine rings is 1. The van der Waals surface area contributed by atoms with E-state index in [2.05, 4.69) is 10.6 Å². The van der Waals surface area contributed by atoms with E-state index in [-0.39, 0.29) is 23.1 Å². The van der Waals surface area contributed by atoms with Crippen molar-refractivity contribution >= 4 is 17.9 Å². The largest absolute Gasteiger partial charge is 0.508 e. The first-order valence-corrected chi connectivity index (χ1v) is 16.9. The van der Waals surface area contributed by atoms with E-state index in [1.807, 2.05) is 58.0 Å². The third-order valence-electron chi connectivity index (χ3n) is 9.46. The topological polar surface area (TPSA) is 172 Å². The van der Waals surface area contributed by atoms with Crippen LogP contribution in [0.4, 0.5) is 0 Å². The van der Waals surface area contributed by atoms with Crippen LogP contribution in [-0.2, 0) is 27.2 Å². The van der Waals surface area contributed by atoms with Crippen molar-refractivity contribution in [1.82, 2.24) is 15.5 Å². The Morgan fingerprint density at radius 1 is 1.00 bits per heavy atom. The van der Waals surface area contributed by atoms with Gasteiger partial charge in [-0.25, -0.2) is 0 Å². The van der Waals surface area contributed by atoms with Crippen molar-refractivity contribution in [2.75, 3.05) is 32.8 Å². The van der Waals surface area contributed by atoms with Crippen LogP contribution in [0.1, 0.15) is 80.5 Å². The van der Waals surface area contributed by atoms with Gasteiger partial charge in [-0.3, -0.25) is 9.59 Å². The summed E-state index contributed by atoms with van der Waals surface area (Å²) in [6, 6.07) is 9.47. The number of benzene rings is 2. The van der Waals surface area contributed by atoms with Crippen molar-refractivity contribution in [1.29, 1.82) is 0 Å². The van der Waals surface area contributed by atoms with E-state index < -0.39 is 48.1 Å². The molecule has 1 unspecified atom stereocenters. The maximum atomic E-state index is 13.3. The number of phenols is 1. The highest BCUT2D eigenvalue weighted by atomic mass is 16.5. The number of carbonyl (C=O) groups is 2. The summed E-state index contributed by atoms with van der Waals surface area (Å²) in [7, 11) is 0. The number of hydrogen-bond acceptors (Lipinski definition) is 9. The van der Waals surface area contributed by atoms with Crippen molar-refractivity contribution in [2.45, 2.75) is 96.9 Å². The minimum absolute atomic E-state index is 0.0908. The smallest absolute Gasteiger partial charge is 0.247 e. The van der Waals surface area contributed by atoms with Crippen molar-refractivity contribution < 1.29 is 39.9 Å². The van der Waals surface area contributed by atoms with Crippen LogP contribution in [0.5, 0.6) is 5.75 Å². The molecule has 0 saturated carbocycles. The summed E-state index contributed by atoms with van der Waals surface area (Å²) < 4.78 is 5.75. The Morgan fingerprint density at radius 2 is 1.69 bits per heavy atom. The molecule has 2 fully saturated rings. The maximum Gasteiger partial charge on any atom is 0.247 e. The fraction of sp³-hybridized carbons (Fsp3) is 0.568. The Balaban J connectivity index is 1.51. The number of aliphatic hydroxyl groups excluding tert-OH is 4. The van der Waals surface area contributed by atoms with Crippen LogP contribution in [0.15, 0.2) is 36.4 Å². The van der Waals surface area contributed by atoms with Gasteiger partial charge >= 0.3 is 0 Å². The Labute approximate surface area is 283 Å². The number of amides is 2. The molecule has 5 atom stereocenters. The molecule has 2 amide bonds. The molecule has 2 aliphatic rings. The van der Waals surface area contributed by atoms with Gasteiger partial charge < -0.3 is 45.8 Å². The van der Waals surface area contributed by atoms with Crippen LogP contribution >= 0.6 is 0 Å². The number of ether oxygens (including phenoxy) is 1. The molecule has 2 saturated heterocycles. The van der Waals surface area contributed by atoms with Gasteiger partial charge in [0, 0.05) is 31.7 Å². The molecule has 0 aromatic heterocycles. The number of nitrogens with one attached hydrogen (secondary N) is 2. The molecular weight excluding hydrogens is 614 g/mol. The average molecular weight is 668 g/mol. The molecule has 11 heteroatoms.